The number of esters is 1. The van der Waals surface area contributed by atoms with Gasteiger partial charge in [-0.1, -0.05) is 54.1 Å². The summed E-state index contributed by atoms with van der Waals surface area (Å²) in [5, 5.41) is 3.50. The van der Waals surface area contributed by atoms with E-state index >= 15 is 0 Å². The molecule has 0 aliphatic rings. The van der Waals surface area contributed by atoms with Crippen LogP contribution in [0.2, 0.25) is 5.02 Å². The van der Waals surface area contributed by atoms with Crippen molar-refractivity contribution in [2.24, 2.45) is 0 Å². The summed E-state index contributed by atoms with van der Waals surface area (Å²) in [6, 6.07) is 23.2. The number of anilines is 2. The number of hydrogen-bond donors (Lipinski definition) is 1. The zero-order chi connectivity index (χ0) is 25.7. The van der Waals surface area contributed by atoms with Crippen LogP contribution in [0.4, 0.5) is 11.4 Å². The number of amides is 1. The van der Waals surface area contributed by atoms with Crippen molar-refractivity contribution >= 4 is 55.8 Å². The Bertz CT molecular complexity index is 1530. The molecule has 0 unspecified atom stereocenters. The molecule has 8 nitrogen and oxygen atoms in total. The van der Waals surface area contributed by atoms with Gasteiger partial charge in [0.05, 0.1) is 26.8 Å². The second-order valence-electron chi connectivity index (χ2n) is 7.66. The molecule has 0 saturated carbocycles. The van der Waals surface area contributed by atoms with E-state index in [9.17, 15) is 18.0 Å². The Balaban J connectivity index is 1.46. The lowest BCUT2D eigenvalue weighted by Gasteiger charge is -2.23. The zero-order valence-electron chi connectivity index (χ0n) is 19.2. The Kier molecular flexibility index (Phi) is 7.52. The number of fused-ring (bicyclic) bond motifs is 1. The number of nitrogens with zero attached hydrogens (tertiary/aromatic N) is 2. The van der Waals surface area contributed by atoms with E-state index in [2.05, 4.69) is 10.3 Å². The summed E-state index contributed by atoms with van der Waals surface area (Å²) < 4.78 is 32.9. The quantitative estimate of drug-likeness (QED) is 0.329. The molecule has 0 atom stereocenters. The second kappa shape index (κ2) is 10.8. The van der Waals surface area contributed by atoms with E-state index < -0.39 is 28.5 Å². The topological polar surface area (TPSA) is 106 Å². The van der Waals surface area contributed by atoms with Gasteiger partial charge < -0.3 is 10.1 Å². The van der Waals surface area contributed by atoms with Gasteiger partial charge in [0, 0.05) is 11.9 Å². The van der Waals surface area contributed by atoms with Gasteiger partial charge in [-0.05, 0) is 49.4 Å². The number of ether oxygens (including phenoxy) is 1. The van der Waals surface area contributed by atoms with Gasteiger partial charge in [0.1, 0.15) is 5.69 Å². The molecule has 0 aliphatic heterocycles. The molecular weight excluding hydrogens is 502 g/mol. The molecule has 0 aliphatic carbocycles. The van der Waals surface area contributed by atoms with Crippen LogP contribution < -0.4 is 9.62 Å². The number of sulfonamides is 1. The maximum absolute atomic E-state index is 13.3. The first-order valence-electron chi connectivity index (χ1n) is 11.0. The summed E-state index contributed by atoms with van der Waals surface area (Å²) >= 11 is 6.19. The number of benzene rings is 3. The fraction of sp³-hybridized carbons (Fsp3) is 0.115. The van der Waals surface area contributed by atoms with Gasteiger partial charge in [0.2, 0.25) is 0 Å². The largest absolute Gasteiger partial charge is 0.451 e. The number of carbonyl (C=O) groups is 2. The minimum atomic E-state index is -3.93. The Morgan fingerprint density at radius 1 is 0.972 bits per heavy atom. The third-order valence-corrected chi connectivity index (χ3v) is 7.50. The Morgan fingerprint density at radius 2 is 1.69 bits per heavy atom. The van der Waals surface area contributed by atoms with Crippen molar-refractivity contribution in [1.29, 1.82) is 0 Å². The van der Waals surface area contributed by atoms with Crippen molar-refractivity contribution in [3.8, 4) is 0 Å². The van der Waals surface area contributed by atoms with Crippen molar-refractivity contribution in [3.63, 3.8) is 0 Å². The van der Waals surface area contributed by atoms with E-state index in [1.54, 1.807) is 55.5 Å². The fourth-order valence-electron chi connectivity index (χ4n) is 3.54. The van der Waals surface area contributed by atoms with Crippen LogP contribution >= 0.6 is 11.6 Å². The van der Waals surface area contributed by atoms with Crippen LogP contribution in [-0.2, 0) is 19.6 Å². The van der Waals surface area contributed by atoms with E-state index in [-0.39, 0.29) is 27.8 Å². The SMILES string of the molecule is CCN(c1ccccc1)S(=O)(=O)c1ccc(Cl)c(NC(=O)COC(=O)c2ccc3ccccc3n2)c1. The second-order valence-corrected chi connectivity index (χ2v) is 9.93. The lowest BCUT2D eigenvalue weighted by Crippen LogP contribution is -2.30. The maximum atomic E-state index is 13.3. The third-order valence-electron chi connectivity index (χ3n) is 5.27. The molecule has 10 heteroatoms. The molecule has 0 radical (unpaired) electrons. The van der Waals surface area contributed by atoms with Gasteiger partial charge in [-0.25, -0.2) is 18.2 Å². The smallest absolute Gasteiger partial charge is 0.357 e. The minimum Gasteiger partial charge on any atom is -0.451 e. The molecule has 0 spiro atoms. The van der Waals surface area contributed by atoms with Crippen LogP contribution in [0.15, 0.2) is 89.8 Å². The maximum Gasteiger partial charge on any atom is 0.357 e. The van der Waals surface area contributed by atoms with Gasteiger partial charge >= 0.3 is 5.97 Å². The lowest BCUT2D eigenvalue weighted by molar-refractivity contribution is -0.119. The van der Waals surface area contributed by atoms with Gasteiger partial charge in [0.25, 0.3) is 15.9 Å². The summed E-state index contributed by atoms with van der Waals surface area (Å²) in [6.45, 7) is 1.32. The molecule has 0 fully saturated rings. The number of para-hydroxylation sites is 2. The Hall–Kier alpha value is -3.95. The average Bonchev–Trinajstić information content (AvgIpc) is 2.89. The van der Waals surface area contributed by atoms with Crippen LogP contribution in [0.25, 0.3) is 10.9 Å². The van der Waals surface area contributed by atoms with Gasteiger partial charge in [-0.3, -0.25) is 9.10 Å². The number of carbonyl (C=O) groups excluding carboxylic acids is 2. The van der Waals surface area contributed by atoms with Crippen LogP contribution in [0.1, 0.15) is 17.4 Å². The third kappa shape index (κ3) is 5.48. The Morgan fingerprint density at radius 3 is 2.44 bits per heavy atom. The van der Waals surface area contributed by atoms with E-state index in [1.165, 1.54) is 28.6 Å². The first-order chi connectivity index (χ1) is 17.3. The van der Waals surface area contributed by atoms with E-state index in [4.69, 9.17) is 16.3 Å². The average molecular weight is 524 g/mol. The summed E-state index contributed by atoms with van der Waals surface area (Å²) in [5.74, 6) is -1.45. The first kappa shape index (κ1) is 25.2. The highest BCUT2D eigenvalue weighted by Crippen LogP contribution is 2.29. The summed E-state index contributed by atoms with van der Waals surface area (Å²) in [6.07, 6.45) is 0. The van der Waals surface area contributed by atoms with E-state index in [1.807, 2.05) is 12.1 Å². The molecule has 0 saturated heterocycles. The number of rotatable bonds is 8. The Labute approximate surface area is 213 Å². The number of hydrogen-bond acceptors (Lipinski definition) is 6. The number of halogens is 1. The number of nitrogens with one attached hydrogen (secondary N) is 1. The molecular formula is C26H22ClN3O5S. The van der Waals surface area contributed by atoms with Crippen molar-refractivity contribution in [2.75, 3.05) is 22.8 Å². The molecule has 4 aromatic rings. The van der Waals surface area contributed by atoms with Crippen molar-refractivity contribution < 1.29 is 22.7 Å². The zero-order valence-corrected chi connectivity index (χ0v) is 20.8. The van der Waals surface area contributed by atoms with E-state index in [0.717, 1.165) is 5.39 Å². The van der Waals surface area contributed by atoms with Crippen LogP contribution in [0.5, 0.6) is 0 Å². The molecule has 3 aromatic carbocycles. The van der Waals surface area contributed by atoms with Crippen molar-refractivity contribution in [2.45, 2.75) is 11.8 Å². The minimum absolute atomic E-state index is 0.0507. The summed E-state index contributed by atoms with van der Waals surface area (Å²) in [7, 11) is -3.93. The highest BCUT2D eigenvalue weighted by Gasteiger charge is 2.25. The standard InChI is InChI=1S/C26H22ClN3O5S/c1-2-30(19-9-4-3-5-10-19)36(33,34)20-13-14-21(27)24(16-20)29-25(31)17-35-26(32)23-15-12-18-8-6-7-11-22(18)28-23/h3-16H,2,17H2,1H3,(H,29,31). The van der Waals surface area contributed by atoms with Gasteiger partial charge in [0.15, 0.2) is 6.61 Å². The van der Waals surface area contributed by atoms with Crippen molar-refractivity contribution in [3.05, 3.63) is 95.6 Å². The lowest BCUT2D eigenvalue weighted by atomic mass is 10.2. The van der Waals surface area contributed by atoms with E-state index in [0.29, 0.717) is 11.2 Å². The molecule has 1 heterocycles. The predicted octanol–water partition coefficient (Wildman–Crippen LogP) is 4.90. The monoisotopic (exact) mass is 523 g/mol. The fourth-order valence-corrected chi connectivity index (χ4v) is 5.21. The first-order valence-corrected chi connectivity index (χ1v) is 12.8. The highest BCUT2D eigenvalue weighted by molar-refractivity contribution is 7.92. The summed E-state index contributed by atoms with van der Waals surface area (Å²) in [4.78, 5) is 29.0. The highest BCUT2D eigenvalue weighted by atomic mass is 35.5. The molecule has 1 N–H and O–H groups in total. The van der Waals surface area contributed by atoms with Gasteiger partial charge in [-0.15, -0.1) is 0 Å². The van der Waals surface area contributed by atoms with Gasteiger partial charge in [-0.2, -0.15) is 0 Å². The molecule has 36 heavy (non-hydrogen) atoms. The van der Waals surface area contributed by atoms with Crippen LogP contribution in [-0.4, -0.2) is 38.4 Å². The van der Waals surface area contributed by atoms with Crippen LogP contribution in [0.3, 0.4) is 0 Å². The van der Waals surface area contributed by atoms with Crippen molar-refractivity contribution in [1.82, 2.24) is 4.98 Å². The molecule has 0 bridgehead atoms. The number of pyridine rings is 1. The number of aromatic nitrogens is 1. The van der Waals surface area contributed by atoms with Crippen LogP contribution in [0, 0.1) is 0 Å². The molecule has 1 aromatic heterocycles. The predicted molar refractivity (Wildman–Crippen MR) is 139 cm³/mol. The molecule has 4 rings (SSSR count). The molecule has 184 valence electrons. The normalized spacial score (nSPS) is 11.2. The molecule has 1 amide bonds. The summed E-state index contributed by atoms with van der Waals surface area (Å²) in [5.41, 5.74) is 1.27.